The fourth-order valence-electron chi connectivity index (χ4n) is 1.79. The molecule has 0 bridgehead atoms. The van der Waals surface area contributed by atoms with Crippen molar-refractivity contribution in [2.24, 2.45) is 5.41 Å². The molecular formula is C10H18N2. The molecule has 0 spiro atoms. The van der Waals surface area contributed by atoms with Crippen LogP contribution in [0, 0.1) is 16.7 Å². The van der Waals surface area contributed by atoms with E-state index in [0.717, 1.165) is 13.1 Å². The standard InChI is InChI=1S/C10H18N2/c1-9(4-6-11)12-7-5-10(2,3)8-12/h9H,4-5,7-8H2,1-3H3. The first-order chi connectivity index (χ1) is 5.55. The molecule has 68 valence electrons. The van der Waals surface area contributed by atoms with Crippen LogP contribution in [-0.4, -0.2) is 24.0 Å². The van der Waals surface area contributed by atoms with Gasteiger partial charge in [-0.2, -0.15) is 5.26 Å². The summed E-state index contributed by atoms with van der Waals surface area (Å²) in [6.07, 6.45) is 1.93. The predicted molar refractivity (Wildman–Crippen MR) is 49.7 cm³/mol. The van der Waals surface area contributed by atoms with E-state index in [2.05, 4.69) is 31.7 Å². The van der Waals surface area contributed by atoms with E-state index >= 15 is 0 Å². The molecule has 1 saturated heterocycles. The Hall–Kier alpha value is -0.550. The molecular weight excluding hydrogens is 148 g/mol. The molecule has 0 amide bonds. The fourth-order valence-corrected chi connectivity index (χ4v) is 1.79. The molecule has 1 fully saturated rings. The average molecular weight is 166 g/mol. The van der Waals surface area contributed by atoms with E-state index in [1.54, 1.807) is 0 Å². The minimum Gasteiger partial charge on any atom is -0.299 e. The minimum absolute atomic E-state index is 0.441. The third-order valence-corrected chi connectivity index (χ3v) is 2.72. The zero-order valence-corrected chi connectivity index (χ0v) is 8.30. The second-order valence-corrected chi connectivity index (χ2v) is 4.60. The van der Waals surface area contributed by atoms with Crippen molar-refractivity contribution in [1.82, 2.24) is 4.90 Å². The number of nitriles is 1. The zero-order chi connectivity index (χ0) is 9.19. The number of likely N-dealkylation sites (tertiary alicyclic amines) is 1. The van der Waals surface area contributed by atoms with Crippen LogP contribution >= 0.6 is 0 Å². The Morgan fingerprint density at radius 1 is 1.58 bits per heavy atom. The monoisotopic (exact) mass is 166 g/mol. The highest BCUT2D eigenvalue weighted by Gasteiger charge is 2.31. The zero-order valence-electron chi connectivity index (χ0n) is 8.30. The summed E-state index contributed by atoms with van der Waals surface area (Å²) in [5.41, 5.74) is 0.462. The smallest absolute Gasteiger partial charge is 0.0638 e. The van der Waals surface area contributed by atoms with Crippen molar-refractivity contribution in [3.8, 4) is 6.07 Å². The Bertz CT molecular complexity index is 191. The van der Waals surface area contributed by atoms with Crippen molar-refractivity contribution in [2.45, 2.75) is 39.7 Å². The van der Waals surface area contributed by atoms with Crippen molar-refractivity contribution < 1.29 is 0 Å². The molecule has 2 heteroatoms. The van der Waals surface area contributed by atoms with Crippen LogP contribution in [0.5, 0.6) is 0 Å². The van der Waals surface area contributed by atoms with Gasteiger partial charge in [-0.1, -0.05) is 13.8 Å². The normalized spacial score (nSPS) is 25.2. The fraction of sp³-hybridized carbons (Fsp3) is 0.900. The molecule has 0 aliphatic carbocycles. The van der Waals surface area contributed by atoms with E-state index in [1.807, 2.05) is 0 Å². The summed E-state index contributed by atoms with van der Waals surface area (Å²) >= 11 is 0. The minimum atomic E-state index is 0.441. The highest BCUT2D eigenvalue weighted by Crippen LogP contribution is 2.30. The van der Waals surface area contributed by atoms with Gasteiger partial charge in [-0.25, -0.2) is 0 Å². The van der Waals surface area contributed by atoms with E-state index < -0.39 is 0 Å². The maximum Gasteiger partial charge on any atom is 0.0638 e. The summed E-state index contributed by atoms with van der Waals surface area (Å²) in [5.74, 6) is 0. The number of hydrogen-bond donors (Lipinski definition) is 0. The number of hydrogen-bond acceptors (Lipinski definition) is 2. The van der Waals surface area contributed by atoms with Gasteiger partial charge in [-0.05, 0) is 25.3 Å². The first-order valence-electron chi connectivity index (χ1n) is 4.66. The van der Waals surface area contributed by atoms with E-state index in [1.165, 1.54) is 6.42 Å². The summed E-state index contributed by atoms with van der Waals surface area (Å²) in [4.78, 5) is 2.42. The summed E-state index contributed by atoms with van der Waals surface area (Å²) in [6.45, 7) is 9.05. The number of rotatable bonds is 2. The molecule has 2 nitrogen and oxygen atoms in total. The molecule has 0 aromatic heterocycles. The van der Waals surface area contributed by atoms with Gasteiger partial charge in [0.1, 0.15) is 0 Å². The first kappa shape index (κ1) is 9.54. The van der Waals surface area contributed by atoms with Gasteiger partial charge < -0.3 is 0 Å². The van der Waals surface area contributed by atoms with Crippen LogP contribution in [0.2, 0.25) is 0 Å². The Labute approximate surface area is 75.2 Å². The Kier molecular flexibility index (Phi) is 2.74. The molecule has 1 rings (SSSR count). The van der Waals surface area contributed by atoms with Gasteiger partial charge in [-0.3, -0.25) is 4.90 Å². The maximum absolute atomic E-state index is 8.55. The SMILES string of the molecule is CC(CC#N)N1CCC(C)(C)C1. The third kappa shape index (κ3) is 2.22. The van der Waals surface area contributed by atoms with Crippen LogP contribution in [0.25, 0.3) is 0 Å². The van der Waals surface area contributed by atoms with Gasteiger partial charge in [0.2, 0.25) is 0 Å². The van der Waals surface area contributed by atoms with Crippen LogP contribution in [-0.2, 0) is 0 Å². The second kappa shape index (κ2) is 3.45. The lowest BCUT2D eigenvalue weighted by atomic mass is 9.93. The van der Waals surface area contributed by atoms with E-state index in [0.29, 0.717) is 17.9 Å². The molecule has 0 radical (unpaired) electrons. The molecule has 1 aliphatic rings. The largest absolute Gasteiger partial charge is 0.299 e. The number of nitrogens with zero attached hydrogens (tertiary/aromatic N) is 2. The summed E-state index contributed by atoms with van der Waals surface area (Å²) < 4.78 is 0. The maximum atomic E-state index is 8.55. The van der Waals surface area contributed by atoms with E-state index in [-0.39, 0.29) is 0 Å². The Balaban J connectivity index is 2.42. The Morgan fingerprint density at radius 2 is 2.25 bits per heavy atom. The molecule has 0 saturated carbocycles. The molecule has 0 aromatic rings. The van der Waals surface area contributed by atoms with Crippen LogP contribution in [0.15, 0.2) is 0 Å². The highest BCUT2D eigenvalue weighted by atomic mass is 15.2. The van der Waals surface area contributed by atoms with Gasteiger partial charge in [0.15, 0.2) is 0 Å². The van der Waals surface area contributed by atoms with Crippen LogP contribution < -0.4 is 0 Å². The average Bonchev–Trinajstić information content (AvgIpc) is 2.31. The molecule has 1 unspecified atom stereocenters. The topological polar surface area (TPSA) is 27.0 Å². The molecule has 0 aromatic carbocycles. The third-order valence-electron chi connectivity index (χ3n) is 2.72. The van der Waals surface area contributed by atoms with Gasteiger partial charge in [0.25, 0.3) is 0 Å². The second-order valence-electron chi connectivity index (χ2n) is 4.60. The van der Waals surface area contributed by atoms with Crippen molar-refractivity contribution in [1.29, 1.82) is 5.26 Å². The van der Waals surface area contributed by atoms with Gasteiger partial charge in [0.05, 0.1) is 12.5 Å². The molecule has 12 heavy (non-hydrogen) atoms. The quantitative estimate of drug-likeness (QED) is 0.627. The highest BCUT2D eigenvalue weighted by molar-refractivity contribution is 4.88. The van der Waals surface area contributed by atoms with Gasteiger partial charge in [-0.15, -0.1) is 0 Å². The molecule has 0 N–H and O–H groups in total. The lowest BCUT2D eigenvalue weighted by Crippen LogP contribution is -2.31. The van der Waals surface area contributed by atoms with Crippen molar-refractivity contribution in [2.75, 3.05) is 13.1 Å². The van der Waals surface area contributed by atoms with Crippen molar-refractivity contribution >= 4 is 0 Å². The van der Waals surface area contributed by atoms with Crippen molar-refractivity contribution in [3.05, 3.63) is 0 Å². The van der Waals surface area contributed by atoms with Gasteiger partial charge >= 0.3 is 0 Å². The van der Waals surface area contributed by atoms with E-state index in [4.69, 9.17) is 5.26 Å². The van der Waals surface area contributed by atoms with Crippen LogP contribution in [0.3, 0.4) is 0 Å². The predicted octanol–water partition coefficient (Wildman–Crippen LogP) is 2.02. The molecule has 1 aliphatic heterocycles. The molecule has 1 heterocycles. The molecule has 1 atom stereocenters. The van der Waals surface area contributed by atoms with Crippen LogP contribution in [0.4, 0.5) is 0 Å². The van der Waals surface area contributed by atoms with Crippen LogP contribution in [0.1, 0.15) is 33.6 Å². The Morgan fingerprint density at radius 3 is 2.67 bits per heavy atom. The van der Waals surface area contributed by atoms with Crippen molar-refractivity contribution in [3.63, 3.8) is 0 Å². The van der Waals surface area contributed by atoms with Gasteiger partial charge in [0, 0.05) is 12.6 Å². The summed E-state index contributed by atoms with van der Waals surface area (Å²) in [5, 5.41) is 8.55. The summed E-state index contributed by atoms with van der Waals surface area (Å²) in [7, 11) is 0. The van der Waals surface area contributed by atoms with E-state index in [9.17, 15) is 0 Å². The first-order valence-corrected chi connectivity index (χ1v) is 4.66. The lowest BCUT2D eigenvalue weighted by molar-refractivity contribution is 0.232. The lowest BCUT2D eigenvalue weighted by Gasteiger charge is -2.24. The summed E-state index contributed by atoms with van der Waals surface area (Å²) in [6, 6.07) is 2.67.